The van der Waals surface area contributed by atoms with E-state index >= 15 is 0 Å². The maximum Gasteiger partial charge on any atom is 0.319 e. The number of nitrogens with zero attached hydrogens (tertiary/aromatic N) is 1. The van der Waals surface area contributed by atoms with Crippen molar-refractivity contribution in [2.45, 2.75) is 52.1 Å². The molecule has 142 valence electrons. The molecule has 5 heteroatoms. The highest BCUT2D eigenvalue weighted by atomic mass is 16.2. The fraction of sp³-hybridized carbons (Fsp3) is 0.364. The second-order valence-electron chi connectivity index (χ2n) is 8.02. The van der Waals surface area contributed by atoms with Crippen LogP contribution in [0.15, 0.2) is 48.5 Å². The summed E-state index contributed by atoms with van der Waals surface area (Å²) in [6, 6.07) is 15.5. The van der Waals surface area contributed by atoms with Crippen molar-refractivity contribution in [2.75, 3.05) is 10.2 Å². The second-order valence-corrected chi connectivity index (χ2v) is 8.02. The van der Waals surface area contributed by atoms with Crippen molar-refractivity contribution in [2.24, 2.45) is 0 Å². The molecule has 2 aromatic carbocycles. The minimum Gasteiger partial charge on any atom is -0.333 e. The van der Waals surface area contributed by atoms with Crippen LogP contribution < -0.4 is 15.5 Å². The van der Waals surface area contributed by atoms with E-state index in [1.54, 1.807) is 0 Å². The molecule has 1 aliphatic heterocycles. The molecule has 0 fully saturated rings. The van der Waals surface area contributed by atoms with E-state index in [0.717, 1.165) is 22.5 Å². The zero-order valence-electron chi connectivity index (χ0n) is 16.4. The molecular weight excluding hydrogens is 338 g/mol. The lowest BCUT2D eigenvalue weighted by molar-refractivity contribution is -0.119. The van der Waals surface area contributed by atoms with Gasteiger partial charge in [-0.3, -0.25) is 4.79 Å². The number of carbonyl (C=O) groups excluding carboxylic acids is 2. The van der Waals surface area contributed by atoms with E-state index in [-0.39, 0.29) is 23.5 Å². The summed E-state index contributed by atoms with van der Waals surface area (Å²) in [5.74, 6) is 0.130. The van der Waals surface area contributed by atoms with Crippen molar-refractivity contribution < 1.29 is 9.59 Å². The van der Waals surface area contributed by atoms with Gasteiger partial charge in [-0.2, -0.15) is 0 Å². The number of benzene rings is 2. The van der Waals surface area contributed by atoms with Crippen molar-refractivity contribution in [3.8, 4) is 0 Å². The van der Waals surface area contributed by atoms with Gasteiger partial charge in [0.05, 0.1) is 6.04 Å². The average molecular weight is 365 g/mol. The summed E-state index contributed by atoms with van der Waals surface area (Å²) in [7, 11) is 0. The molecule has 2 aromatic rings. The molecule has 0 aliphatic carbocycles. The zero-order chi connectivity index (χ0) is 19.6. The average Bonchev–Trinajstić information content (AvgIpc) is 2.60. The molecule has 0 saturated carbocycles. The Kier molecular flexibility index (Phi) is 5.22. The van der Waals surface area contributed by atoms with E-state index in [1.165, 1.54) is 0 Å². The van der Waals surface area contributed by atoms with Crippen LogP contribution in [-0.4, -0.2) is 17.5 Å². The largest absolute Gasteiger partial charge is 0.333 e. The number of urea groups is 1. The van der Waals surface area contributed by atoms with Crippen molar-refractivity contribution in [1.82, 2.24) is 5.32 Å². The standard InChI is InChI=1S/C22H27N3O2/c1-15(16-8-6-5-7-9-16)25-19-12-11-18(14-17(19)10-13-20(25)26)23-21(27)24-22(2,3)4/h5-9,11-12,14-15H,10,13H2,1-4H3,(H2,23,24,27). The van der Waals surface area contributed by atoms with Crippen LogP contribution in [-0.2, 0) is 11.2 Å². The van der Waals surface area contributed by atoms with Crippen LogP contribution in [0.2, 0.25) is 0 Å². The Hall–Kier alpha value is -2.82. The molecule has 3 rings (SSSR count). The lowest BCUT2D eigenvalue weighted by Crippen LogP contribution is -2.43. The van der Waals surface area contributed by atoms with Gasteiger partial charge < -0.3 is 15.5 Å². The summed E-state index contributed by atoms with van der Waals surface area (Å²) in [6.45, 7) is 7.86. The van der Waals surface area contributed by atoms with Crippen LogP contribution >= 0.6 is 0 Å². The van der Waals surface area contributed by atoms with Crippen molar-refractivity contribution >= 4 is 23.3 Å². The first kappa shape index (κ1) is 19.0. The summed E-state index contributed by atoms with van der Waals surface area (Å²) in [5, 5.41) is 5.77. The Morgan fingerprint density at radius 2 is 1.78 bits per heavy atom. The molecule has 0 radical (unpaired) electrons. The minimum absolute atomic E-state index is 0.0410. The minimum atomic E-state index is -0.299. The van der Waals surface area contributed by atoms with Crippen molar-refractivity contribution in [3.63, 3.8) is 0 Å². The molecule has 27 heavy (non-hydrogen) atoms. The highest BCUT2D eigenvalue weighted by molar-refractivity contribution is 5.98. The lowest BCUT2D eigenvalue weighted by Gasteiger charge is -2.35. The molecule has 5 nitrogen and oxygen atoms in total. The number of amides is 3. The van der Waals surface area contributed by atoms with Gasteiger partial charge in [0.15, 0.2) is 0 Å². The van der Waals surface area contributed by atoms with Crippen molar-refractivity contribution in [3.05, 3.63) is 59.7 Å². The van der Waals surface area contributed by atoms with Crippen molar-refractivity contribution in [1.29, 1.82) is 0 Å². The number of rotatable bonds is 3. The molecular formula is C22H27N3O2. The van der Waals surface area contributed by atoms with Gasteiger partial charge in [-0.25, -0.2) is 4.79 Å². The maximum absolute atomic E-state index is 12.6. The van der Waals surface area contributed by atoms with Crippen LogP contribution in [0, 0.1) is 0 Å². The molecule has 0 aromatic heterocycles. The predicted octanol–water partition coefficient (Wildman–Crippen LogP) is 4.65. The first-order valence-corrected chi connectivity index (χ1v) is 9.34. The highest BCUT2D eigenvalue weighted by Gasteiger charge is 2.29. The first-order chi connectivity index (χ1) is 12.7. The number of aryl methyl sites for hydroxylation is 1. The van der Waals surface area contributed by atoms with E-state index in [9.17, 15) is 9.59 Å². The molecule has 2 N–H and O–H groups in total. The summed E-state index contributed by atoms with van der Waals surface area (Å²) in [4.78, 5) is 26.6. The number of hydrogen-bond acceptors (Lipinski definition) is 2. The number of anilines is 2. The zero-order valence-corrected chi connectivity index (χ0v) is 16.4. The Morgan fingerprint density at radius 3 is 2.44 bits per heavy atom. The molecule has 1 heterocycles. The monoisotopic (exact) mass is 365 g/mol. The molecule has 1 aliphatic rings. The smallest absolute Gasteiger partial charge is 0.319 e. The summed E-state index contributed by atoms with van der Waals surface area (Å²) in [6.07, 6.45) is 1.16. The van der Waals surface area contributed by atoms with Crippen LogP contribution in [0.1, 0.15) is 51.3 Å². The normalized spacial score (nSPS) is 15.1. The topological polar surface area (TPSA) is 61.4 Å². The van der Waals surface area contributed by atoms with E-state index in [0.29, 0.717) is 12.8 Å². The van der Waals surface area contributed by atoms with E-state index in [2.05, 4.69) is 10.6 Å². The van der Waals surface area contributed by atoms with Gasteiger partial charge >= 0.3 is 6.03 Å². The van der Waals surface area contributed by atoms with Crippen LogP contribution in [0.5, 0.6) is 0 Å². The first-order valence-electron chi connectivity index (χ1n) is 9.34. The fourth-order valence-corrected chi connectivity index (χ4v) is 3.40. The quantitative estimate of drug-likeness (QED) is 0.832. The Bertz CT molecular complexity index is 840. The van der Waals surface area contributed by atoms with Crippen LogP contribution in [0.3, 0.4) is 0 Å². The van der Waals surface area contributed by atoms with Gasteiger partial charge in [0.1, 0.15) is 0 Å². The molecule has 0 bridgehead atoms. The fourth-order valence-electron chi connectivity index (χ4n) is 3.40. The van der Waals surface area contributed by atoms with Gasteiger partial charge in [0.25, 0.3) is 0 Å². The third-order valence-corrected chi connectivity index (χ3v) is 4.63. The van der Waals surface area contributed by atoms with Crippen LogP contribution in [0.4, 0.5) is 16.2 Å². The summed E-state index contributed by atoms with van der Waals surface area (Å²) < 4.78 is 0. The Labute approximate surface area is 160 Å². The molecule has 0 saturated heterocycles. The number of carbonyl (C=O) groups is 2. The number of hydrogen-bond donors (Lipinski definition) is 2. The Morgan fingerprint density at radius 1 is 1.07 bits per heavy atom. The number of fused-ring (bicyclic) bond motifs is 1. The van der Waals surface area contributed by atoms with Gasteiger partial charge in [-0.05, 0) is 63.4 Å². The number of nitrogens with one attached hydrogen (secondary N) is 2. The van der Waals surface area contributed by atoms with Gasteiger partial charge in [-0.15, -0.1) is 0 Å². The predicted molar refractivity (Wildman–Crippen MR) is 109 cm³/mol. The highest BCUT2D eigenvalue weighted by Crippen LogP contribution is 2.36. The van der Waals surface area contributed by atoms with E-state index in [1.807, 2.05) is 81.1 Å². The third kappa shape index (κ3) is 4.48. The van der Waals surface area contributed by atoms with Gasteiger partial charge in [0, 0.05) is 23.3 Å². The molecule has 3 amide bonds. The van der Waals surface area contributed by atoms with Crippen LogP contribution in [0.25, 0.3) is 0 Å². The molecule has 1 unspecified atom stereocenters. The second kappa shape index (κ2) is 7.43. The third-order valence-electron chi connectivity index (χ3n) is 4.63. The molecule has 0 spiro atoms. The Balaban J connectivity index is 1.84. The van der Waals surface area contributed by atoms with E-state index < -0.39 is 0 Å². The SMILES string of the molecule is CC(c1ccccc1)N1C(=O)CCc2cc(NC(=O)NC(C)(C)C)ccc21. The maximum atomic E-state index is 12.6. The lowest BCUT2D eigenvalue weighted by atomic mass is 9.96. The van der Waals surface area contributed by atoms with E-state index in [4.69, 9.17) is 0 Å². The van der Waals surface area contributed by atoms with Gasteiger partial charge in [-0.1, -0.05) is 30.3 Å². The summed E-state index contributed by atoms with van der Waals surface area (Å²) >= 11 is 0. The van der Waals surface area contributed by atoms with Gasteiger partial charge in [0.2, 0.25) is 5.91 Å². The molecule has 1 atom stereocenters. The summed E-state index contributed by atoms with van der Waals surface area (Å²) in [5.41, 5.74) is 3.53.